The molecule has 0 radical (unpaired) electrons. The summed E-state index contributed by atoms with van der Waals surface area (Å²) < 4.78 is 71.9. The average molecular weight is 513 g/mol. The Morgan fingerprint density at radius 3 is 2.29 bits per heavy atom. The lowest BCUT2D eigenvalue weighted by molar-refractivity contribution is -0.137. The number of carbonyl (C=O) groups excluding carboxylic acids is 1. The number of rotatable bonds is 8. The van der Waals surface area contributed by atoms with E-state index >= 15 is 0 Å². The van der Waals surface area contributed by atoms with Crippen LogP contribution in [0, 0.1) is 0 Å². The van der Waals surface area contributed by atoms with Crippen LogP contribution in [0.3, 0.4) is 0 Å². The zero-order valence-electron chi connectivity index (χ0n) is 17.8. The largest absolute Gasteiger partial charge is 0.484 e. The monoisotopic (exact) mass is 512 g/mol. The van der Waals surface area contributed by atoms with Crippen molar-refractivity contribution in [3.05, 3.63) is 88.9 Å². The minimum atomic E-state index is -4.66. The van der Waals surface area contributed by atoms with Crippen LogP contribution < -0.4 is 14.8 Å². The molecule has 11 heteroatoms. The summed E-state index contributed by atoms with van der Waals surface area (Å²) in [7, 11) is -3.80. The van der Waals surface area contributed by atoms with Gasteiger partial charge in [0.25, 0.3) is 5.91 Å². The van der Waals surface area contributed by atoms with E-state index in [9.17, 15) is 26.4 Å². The zero-order valence-corrected chi connectivity index (χ0v) is 19.3. The van der Waals surface area contributed by atoms with Gasteiger partial charge in [-0.3, -0.25) is 4.79 Å². The second-order valence-electron chi connectivity index (χ2n) is 7.25. The molecule has 1 atom stereocenters. The lowest BCUT2D eigenvalue weighted by Gasteiger charge is -2.15. The number of sulfonamides is 1. The SMILES string of the molecule is C[C@H](NS(=O)(=O)c1ccc(OCC(=O)Nc2ccc(Cl)c(C(F)(F)F)c2)cc1)c1ccccc1. The van der Waals surface area contributed by atoms with Crippen molar-refractivity contribution >= 4 is 33.2 Å². The molecule has 0 aromatic heterocycles. The molecule has 6 nitrogen and oxygen atoms in total. The van der Waals surface area contributed by atoms with Crippen LogP contribution in [0.4, 0.5) is 18.9 Å². The lowest BCUT2D eigenvalue weighted by Crippen LogP contribution is -2.26. The number of hydrogen-bond acceptors (Lipinski definition) is 4. The third kappa shape index (κ3) is 6.72. The highest BCUT2D eigenvalue weighted by molar-refractivity contribution is 7.89. The molecule has 0 spiro atoms. The molecule has 0 heterocycles. The van der Waals surface area contributed by atoms with Crippen molar-refractivity contribution in [1.29, 1.82) is 0 Å². The molecular weight excluding hydrogens is 493 g/mol. The number of nitrogens with one attached hydrogen (secondary N) is 2. The first-order valence-corrected chi connectivity index (χ1v) is 11.8. The van der Waals surface area contributed by atoms with Crippen molar-refractivity contribution in [2.24, 2.45) is 0 Å². The number of hydrogen-bond donors (Lipinski definition) is 2. The highest BCUT2D eigenvalue weighted by Gasteiger charge is 2.33. The smallest absolute Gasteiger partial charge is 0.417 e. The van der Waals surface area contributed by atoms with Crippen LogP contribution in [0.1, 0.15) is 24.1 Å². The third-order valence-electron chi connectivity index (χ3n) is 4.69. The van der Waals surface area contributed by atoms with E-state index in [1.165, 1.54) is 30.3 Å². The maximum atomic E-state index is 12.9. The fourth-order valence-corrected chi connectivity index (χ4v) is 4.45. The molecule has 0 bridgehead atoms. The molecule has 0 fully saturated rings. The molecule has 3 rings (SSSR count). The molecule has 0 saturated carbocycles. The van der Waals surface area contributed by atoms with Crippen LogP contribution in [0.5, 0.6) is 5.75 Å². The summed E-state index contributed by atoms with van der Waals surface area (Å²) in [5, 5.41) is 1.81. The van der Waals surface area contributed by atoms with Crippen LogP contribution >= 0.6 is 11.6 Å². The van der Waals surface area contributed by atoms with Gasteiger partial charge in [0.1, 0.15) is 5.75 Å². The third-order valence-corrected chi connectivity index (χ3v) is 6.58. The van der Waals surface area contributed by atoms with Gasteiger partial charge in [-0.1, -0.05) is 41.9 Å². The van der Waals surface area contributed by atoms with Crippen LogP contribution in [0.25, 0.3) is 0 Å². The number of anilines is 1. The van der Waals surface area contributed by atoms with E-state index in [0.717, 1.165) is 17.7 Å². The Morgan fingerprint density at radius 2 is 1.68 bits per heavy atom. The van der Waals surface area contributed by atoms with Crippen LogP contribution in [0.15, 0.2) is 77.7 Å². The fourth-order valence-electron chi connectivity index (χ4n) is 2.99. The number of alkyl halides is 3. The first-order chi connectivity index (χ1) is 16.0. The van der Waals surface area contributed by atoms with E-state index in [0.29, 0.717) is 0 Å². The van der Waals surface area contributed by atoms with Gasteiger partial charge >= 0.3 is 6.18 Å². The van der Waals surface area contributed by atoms with E-state index in [-0.39, 0.29) is 16.3 Å². The van der Waals surface area contributed by atoms with E-state index < -0.39 is 45.3 Å². The summed E-state index contributed by atoms with van der Waals surface area (Å²) in [6, 6.07) is 17.0. The van der Waals surface area contributed by atoms with Gasteiger partial charge in [0.2, 0.25) is 10.0 Å². The minimum absolute atomic E-state index is 0.00734. The first kappa shape index (κ1) is 25.5. The Bertz CT molecular complexity index is 1250. The fraction of sp³-hybridized carbons (Fsp3) is 0.174. The molecule has 0 aliphatic heterocycles. The second kappa shape index (κ2) is 10.5. The normalized spacial score (nSPS) is 12.7. The Labute approximate surface area is 199 Å². The number of ether oxygens (including phenoxy) is 1. The molecule has 1 amide bonds. The van der Waals surface area contributed by atoms with Gasteiger partial charge < -0.3 is 10.1 Å². The summed E-state index contributed by atoms with van der Waals surface area (Å²) in [5.41, 5.74) is -0.356. The standard InChI is InChI=1S/C23H20ClF3N2O4S/c1-15(16-5-3-2-4-6-16)29-34(31,32)19-10-8-18(9-11-19)33-14-22(30)28-17-7-12-21(24)20(13-17)23(25,26)27/h2-13,15,29H,14H2,1H3,(H,28,30)/t15-/m0/s1. The Kier molecular flexibility index (Phi) is 7.86. The molecule has 0 aliphatic rings. The quantitative estimate of drug-likeness (QED) is 0.422. The zero-order chi connectivity index (χ0) is 24.9. The van der Waals surface area contributed by atoms with Crippen LogP contribution in [-0.2, 0) is 21.0 Å². The van der Waals surface area contributed by atoms with Gasteiger partial charge in [0.05, 0.1) is 15.5 Å². The first-order valence-electron chi connectivity index (χ1n) is 9.92. The van der Waals surface area contributed by atoms with Gasteiger partial charge in [0.15, 0.2) is 6.61 Å². The van der Waals surface area contributed by atoms with Gasteiger partial charge in [0, 0.05) is 11.7 Å². The molecule has 3 aromatic carbocycles. The molecular formula is C23H20ClF3N2O4S. The lowest BCUT2D eigenvalue weighted by atomic mass is 10.1. The van der Waals surface area contributed by atoms with Gasteiger partial charge in [-0.15, -0.1) is 0 Å². The minimum Gasteiger partial charge on any atom is -0.484 e. The van der Waals surface area contributed by atoms with Crippen molar-refractivity contribution in [1.82, 2.24) is 4.72 Å². The number of amides is 1. The predicted molar refractivity (Wildman–Crippen MR) is 122 cm³/mol. The van der Waals surface area contributed by atoms with Crippen molar-refractivity contribution < 1.29 is 31.1 Å². The Morgan fingerprint density at radius 1 is 1.03 bits per heavy atom. The summed E-state index contributed by atoms with van der Waals surface area (Å²) >= 11 is 5.56. The van der Waals surface area contributed by atoms with Crippen LogP contribution in [-0.4, -0.2) is 20.9 Å². The summed E-state index contributed by atoms with van der Waals surface area (Å²) in [4.78, 5) is 12.1. The summed E-state index contributed by atoms with van der Waals surface area (Å²) in [6.07, 6.45) is -4.66. The maximum Gasteiger partial charge on any atom is 0.417 e. The number of carbonyl (C=O) groups is 1. The van der Waals surface area contributed by atoms with Crippen molar-refractivity contribution in [2.45, 2.75) is 24.0 Å². The molecule has 180 valence electrons. The molecule has 2 N–H and O–H groups in total. The summed E-state index contributed by atoms with van der Waals surface area (Å²) in [6.45, 7) is 1.22. The average Bonchev–Trinajstić information content (AvgIpc) is 2.79. The van der Waals surface area contributed by atoms with Crippen molar-refractivity contribution in [3.8, 4) is 5.75 Å². The van der Waals surface area contributed by atoms with Gasteiger partial charge in [-0.05, 0) is 55.0 Å². The van der Waals surface area contributed by atoms with Gasteiger partial charge in [-0.2, -0.15) is 13.2 Å². The molecule has 0 aliphatic carbocycles. The Hall–Kier alpha value is -3.08. The molecule has 0 saturated heterocycles. The number of benzene rings is 3. The van der Waals surface area contributed by atoms with E-state index in [4.69, 9.17) is 16.3 Å². The topological polar surface area (TPSA) is 84.5 Å². The second-order valence-corrected chi connectivity index (χ2v) is 9.38. The van der Waals surface area contributed by atoms with E-state index in [2.05, 4.69) is 10.0 Å². The van der Waals surface area contributed by atoms with Gasteiger partial charge in [-0.25, -0.2) is 13.1 Å². The van der Waals surface area contributed by atoms with Crippen molar-refractivity contribution in [3.63, 3.8) is 0 Å². The van der Waals surface area contributed by atoms with E-state index in [1.807, 2.05) is 30.3 Å². The highest BCUT2D eigenvalue weighted by atomic mass is 35.5. The van der Waals surface area contributed by atoms with Crippen molar-refractivity contribution in [2.75, 3.05) is 11.9 Å². The predicted octanol–water partition coefficient (Wildman–Crippen LogP) is 5.42. The Balaban J connectivity index is 1.58. The highest BCUT2D eigenvalue weighted by Crippen LogP contribution is 2.36. The summed E-state index contributed by atoms with van der Waals surface area (Å²) in [5.74, 6) is -0.497. The van der Waals surface area contributed by atoms with Crippen LogP contribution in [0.2, 0.25) is 5.02 Å². The maximum absolute atomic E-state index is 12.9. The molecule has 0 unspecified atom stereocenters. The number of halogens is 4. The molecule has 34 heavy (non-hydrogen) atoms. The molecule has 3 aromatic rings. The van der Waals surface area contributed by atoms with E-state index in [1.54, 1.807) is 6.92 Å².